The van der Waals surface area contributed by atoms with Gasteiger partial charge in [-0.3, -0.25) is 0 Å². The third kappa shape index (κ3) is 4.28. The fraction of sp³-hybridized carbons (Fsp3) is 0.231. The van der Waals surface area contributed by atoms with Crippen LogP contribution in [0.2, 0.25) is 0 Å². The maximum Gasteiger partial charge on any atom is 0.0541 e. The topological polar surface area (TPSA) is 8.17 Å². The van der Waals surface area contributed by atoms with E-state index in [2.05, 4.69) is 167 Å². The summed E-state index contributed by atoms with van der Waals surface area (Å²) in [7, 11) is 0. The van der Waals surface area contributed by atoms with Crippen LogP contribution in [0.1, 0.15) is 61.6 Å². The number of para-hydroxylation sites is 3. The fourth-order valence-corrected chi connectivity index (χ4v) is 12.5. The number of fused-ring (bicyclic) bond motifs is 6. The first-order valence-corrected chi connectivity index (χ1v) is 20.3. The van der Waals surface area contributed by atoms with Crippen LogP contribution in [0.5, 0.6) is 0 Å². The standard InChI is InChI=1S/C52H44N2/c1-2-13-36(14-3-1)42-17-5-9-22-49(42)53(39-15-12-16-40(32-39)54-50-23-10-6-19-44(50)45-20-7-11-24-51(45)54)41-25-26-48-46(33-41)43-18-4-8-21-47(43)52(48)37-28-34-27-35(30-37)31-38(52)29-34/h1-2,4-13,15-26,32-35,37-38H,3,14,27-31H2. The van der Waals surface area contributed by atoms with Gasteiger partial charge >= 0.3 is 0 Å². The van der Waals surface area contributed by atoms with Crippen LogP contribution in [0.3, 0.4) is 0 Å². The van der Waals surface area contributed by atoms with E-state index >= 15 is 0 Å². The number of allylic oxidation sites excluding steroid dienone is 4. The van der Waals surface area contributed by atoms with Crippen LogP contribution in [0, 0.1) is 23.7 Å². The Labute approximate surface area is 318 Å². The van der Waals surface area contributed by atoms with Crippen molar-refractivity contribution in [3.8, 4) is 16.8 Å². The second kappa shape index (κ2) is 11.7. The van der Waals surface area contributed by atoms with Crippen molar-refractivity contribution in [3.05, 3.63) is 174 Å². The molecule has 6 aliphatic rings. The summed E-state index contributed by atoms with van der Waals surface area (Å²) < 4.78 is 2.45. The van der Waals surface area contributed by atoms with E-state index in [0.29, 0.717) is 0 Å². The highest BCUT2D eigenvalue weighted by molar-refractivity contribution is 6.09. The second-order valence-corrected chi connectivity index (χ2v) is 16.8. The Balaban J connectivity index is 1.08. The van der Waals surface area contributed by atoms with Gasteiger partial charge in [-0.15, -0.1) is 0 Å². The van der Waals surface area contributed by atoms with E-state index in [4.69, 9.17) is 0 Å². The zero-order valence-corrected chi connectivity index (χ0v) is 30.7. The molecule has 1 heterocycles. The second-order valence-electron chi connectivity index (χ2n) is 16.8. The first kappa shape index (κ1) is 30.8. The highest BCUT2D eigenvalue weighted by atomic mass is 15.1. The van der Waals surface area contributed by atoms with E-state index in [1.807, 2.05) is 0 Å². The largest absolute Gasteiger partial charge is 0.310 e. The third-order valence-corrected chi connectivity index (χ3v) is 14.2. The van der Waals surface area contributed by atoms with Gasteiger partial charge in [0.05, 0.1) is 16.7 Å². The Morgan fingerprint density at radius 2 is 1.19 bits per heavy atom. The van der Waals surface area contributed by atoms with Crippen LogP contribution in [-0.4, -0.2) is 4.57 Å². The van der Waals surface area contributed by atoms with E-state index in [1.54, 1.807) is 11.1 Å². The molecule has 54 heavy (non-hydrogen) atoms. The number of anilines is 3. The van der Waals surface area contributed by atoms with E-state index in [0.717, 1.165) is 36.5 Å². The van der Waals surface area contributed by atoms with Crippen molar-refractivity contribution in [1.82, 2.24) is 4.57 Å². The molecule has 0 aliphatic heterocycles. The van der Waals surface area contributed by atoms with Gasteiger partial charge in [-0.1, -0.05) is 109 Å². The van der Waals surface area contributed by atoms with Crippen LogP contribution in [0.15, 0.2) is 158 Å². The summed E-state index contributed by atoms with van der Waals surface area (Å²) in [5.41, 5.74) is 16.3. The summed E-state index contributed by atoms with van der Waals surface area (Å²) in [6.07, 6.45) is 16.1. The molecule has 2 nitrogen and oxygen atoms in total. The fourth-order valence-electron chi connectivity index (χ4n) is 12.5. The molecular weight excluding hydrogens is 653 g/mol. The monoisotopic (exact) mass is 696 g/mol. The molecule has 4 bridgehead atoms. The lowest BCUT2D eigenvalue weighted by Crippen LogP contribution is -2.55. The molecule has 13 rings (SSSR count). The molecule has 6 aliphatic carbocycles. The van der Waals surface area contributed by atoms with Gasteiger partial charge in [0, 0.05) is 38.8 Å². The van der Waals surface area contributed by atoms with Crippen molar-refractivity contribution in [1.29, 1.82) is 0 Å². The van der Waals surface area contributed by atoms with Gasteiger partial charge in [-0.05, 0) is 145 Å². The van der Waals surface area contributed by atoms with E-state index < -0.39 is 0 Å². The first-order valence-electron chi connectivity index (χ1n) is 20.3. The molecule has 2 heteroatoms. The maximum absolute atomic E-state index is 2.57. The van der Waals surface area contributed by atoms with Gasteiger partial charge in [0.15, 0.2) is 0 Å². The number of rotatable bonds is 5. The minimum atomic E-state index is 0.163. The average Bonchev–Trinajstić information content (AvgIpc) is 3.71. The molecule has 1 spiro atoms. The maximum atomic E-state index is 2.57. The van der Waals surface area contributed by atoms with Gasteiger partial charge in [0.1, 0.15) is 0 Å². The van der Waals surface area contributed by atoms with Crippen molar-refractivity contribution in [2.75, 3.05) is 4.90 Å². The predicted octanol–water partition coefficient (Wildman–Crippen LogP) is 13.7. The normalized spacial score (nSPS) is 24.6. The molecule has 7 aromatic rings. The van der Waals surface area contributed by atoms with Crippen LogP contribution in [0.25, 0.3) is 44.2 Å². The lowest BCUT2D eigenvalue weighted by Gasteiger charge is -2.61. The smallest absolute Gasteiger partial charge is 0.0541 e. The molecular formula is C52H44N2. The molecule has 4 saturated carbocycles. The molecule has 0 N–H and O–H groups in total. The molecule has 1 aromatic heterocycles. The lowest BCUT2D eigenvalue weighted by molar-refractivity contribution is -0.0399. The lowest BCUT2D eigenvalue weighted by atomic mass is 9.43. The summed E-state index contributed by atoms with van der Waals surface area (Å²) in [6, 6.07) is 53.1. The first-order chi connectivity index (χ1) is 26.8. The SMILES string of the molecule is C1=CCCC(c2ccccc2N(c2cccc(-n3c4ccccc4c4ccccc43)c2)c2ccc3c(c2)-c2ccccc2C32C3CC4CC(C3)CC2C4)=C1. The Kier molecular flexibility index (Phi) is 6.68. The Hall–Kier alpha value is -5.60. The summed E-state index contributed by atoms with van der Waals surface area (Å²) in [5.74, 6) is 3.39. The van der Waals surface area contributed by atoms with Gasteiger partial charge in [0.25, 0.3) is 0 Å². The number of aromatic nitrogens is 1. The highest BCUT2D eigenvalue weighted by Gasteiger charge is 2.61. The minimum absolute atomic E-state index is 0.163. The molecule has 0 amide bonds. The zero-order chi connectivity index (χ0) is 35.4. The minimum Gasteiger partial charge on any atom is -0.310 e. The summed E-state index contributed by atoms with van der Waals surface area (Å²) >= 11 is 0. The Morgan fingerprint density at radius 3 is 1.93 bits per heavy atom. The van der Waals surface area contributed by atoms with Gasteiger partial charge in [0.2, 0.25) is 0 Å². The third-order valence-electron chi connectivity index (χ3n) is 14.2. The molecule has 262 valence electrons. The highest BCUT2D eigenvalue weighted by Crippen LogP contribution is 2.69. The molecule has 0 atom stereocenters. The van der Waals surface area contributed by atoms with Crippen LogP contribution in [0.4, 0.5) is 17.1 Å². The predicted molar refractivity (Wildman–Crippen MR) is 225 cm³/mol. The van der Waals surface area contributed by atoms with E-state index in [1.165, 1.54) is 98.9 Å². The summed E-state index contributed by atoms with van der Waals surface area (Å²) in [4.78, 5) is 2.55. The Morgan fingerprint density at radius 1 is 0.537 bits per heavy atom. The zero-order valence-electron chi connectivity index (χ0n) is 30.7. The quantitative estimate of drug-likeness (QED) is 0.174. The van der Waals surface area contributed by atoms with E-state index in [9.17, 15) is 0 Å². The molecule has 6 aromatic carbocycles. The summed E-state index contributed by atoms with van der Waals surface area (Å²) in [5, 5.41) is 2.57. The number of nitrogens with zero attached hydrogens (tertiary/aromatic N) is 2. The van der Waals surface area contributed by atoms with E-state index in [-0.39, 0.29) is 5.41 Å². The van der Waals surface area contributed by atoms with Crippen LogP contribution in [-0.2, 0) is 5.41 Å². The average molecular weight is 697 g/mol. The van der Waals surface area contributed by atoms with Crippen LogP contribution >= 0.6 is 0 Å². The number of benzene rings is 6. The number of hydrogen-bond acceptors (Lipinski definition) is 1. The summed E-state index contributed by atoms with van der Waals surface area (Å²) in [6.45, 7) is 0. The van der Waals surface area contributed by atoms with Gasteiger partial charge in [-0.2, -0.15) is 0 Å². The van der Waals surface area contributed by atoms with Crippen molar-refractivity contribution >= 4 is 44.4 Å². The molecule has 0 saturated heterocycles. The van der Waals surface area contributed by atoms with Crippen molar-refractivity contribution in [3.63, 3.8) is 0 Å². The van der Waals surface area contributed by atoms with Crippen LogP contribution < -0.4 is 4.90 Å². The Bertz CT molecular complexity index is 2620. The van der Waals surface area contributed by atoms with Crippen molar-refractivity contribution in [2.24, 2.45) is 23.7 Å². The number of hydrogen-bond donors (Lipinski definition) is 0. The molecule has 0 radical (unpaired) electrons. The molecule has 0 unspecified atom stereocenters. The van der Waals surface area contributed by atoms with Gasteiger partial charge < -0.3 is 9.47 Å². The molecule has 4 fully saturated rings. The van der Waals surface area contributed by atoms with Gasteiger partial charge in [-0.25, -0.2) is 0 Å². The van der Waals surface area contributed by atoms with Crippen molar-refractivity contribution in [2.45, 2.75) is 50.4 Å². The van der Waals surface area contributed by atoms with Crippen molar-refractivity contribution < 1.29 is 0 Å².